The number of urea groups is 1. The van der Waals surface area contributed by atoms with Gasteiger partial charge in [0.1, 0.15) is 0 Å². The molecule has 5 heteroatoms. The van der Waals surface area contributed by atoms with Crippen LogP contribution in [0, 0.1) is 3.57 Å². The van der Waals surface area contributed by atoms with Gasteiger partial charge in [0.25, 0.3) is 0 Å². The zero-order chi connectivity index (χ0) is 11.3. The van der Waals surface area contributed by atoms with Gasteiger partial charge < -0.3 is 15.7 Å². The molecule has 82 valence electrons. The molecule has 2 amide bonds. The Morgan fingerprint density at radius 2 is 2.33 bits per heavy atom. The minimum Gasteiger partial charge on any atom is -0.394 e. The molecule has 0 aliphatic rings. The molecule has 15 heavy (non-hydrogen) atoms. The van der Waals surface area contributed by atoms with Gasteiger partial charge in [-0.25, -0.2) is 4.79 Å². The number of carbonyl (C=O) groups is 1. The highest BCUT2D eigenvalue weighted by atomic mass is 127. The number of carbonyl (C=O) groups excluding carboxylic acids is 1. The Labute approximate surface area is 102 Å². The highest BCUT2D eigenvalue weighted by molar-refractivity contribution is 14.1. The first-order valence-electron chi connectivity index (χ1n) is 4.55. The van der Waals surface area contributed by atoms with Crippen molar-refractivity contribution in [1.82, 2.24) is 5.32 Å². The Hall–Kier alpha value is -0.820. The van der Waals surface area contributed by atoms with Crippen molar-refractivity contribution in [2.45, 2.75) is 13.0 Å². The van der Waals surface area contributed by atoms with Crippen LogP contribution in [0.4, 0.5) is 10.5 Å². The van der Waals surface area contributed by atoms with Gasteiger partial charge in [0, 0.05) is 9.26 Å². The number of rotatable bonds is 3. The molecule has 0 aromatic heterocycles. The summed E-state index contributed by atoms with van der Waals surface area (Å²) >= 11 is 2.17. The smallest absolute Gasteiger partial charge is 0.319 e. The summed E-state index contributed by atoms with van der Waals surface area (Å²) < 4.78 is 1.06. The second-order valence-electron chi connectivity index (χ2n) is 3.19. The lowest BCUT2D eigenvalue weighted by molar-refractivity contribution is 0.229. The van der Waals surface area contributed by atoms with Crippen LogP contribution >= 0.6 is 22.6 Å². The van der Waals surface area contributed by atoms with Gasteiger partial charge in [-0.3, -0.25) is 0 Å². The van der Waals surface area contributed by atoms with Gasteiger partial charge in [-0.1, -0.05) is 6.07 Å². The van der Waals surface area contributed by atoms with E-state index < -0.39 is 0 Å². The maximum Gasteiger partial charge on any atom is 0.319 e. The fourth-order valence-electron chi connectivity index (χ4n) is 1.00. The van der Waals surface area contributed by atoms with Crippen LogP contribution in [-0.4, -0.2) is 23.8 Å². The van der Waals surface area contributed by atoms with Gasteiger partial charge >= 0.3 is 6.03 Å². The Bertz CT molecular complexity index is 344. The molecule has 0 saturated heterocycles. The second-order valence-corrected chi connectivity index (χ2v) is 4.44. The van der Waals surface area contributed by atoms with Gasteiger partial charge in [0.2, 0.25) is 0 Å². The molecule has 0 heterocycles. The summed E-state index contributed by atoms with van der Waals surface area (Å²) in [6.45, 7) is 1.66. The molecule has 3 N–H and O–H groups in total. The molecule has 0 spiro atoms. The predicted octanol–water partition coefficient (Wildman–Crippen LogP) is 1.79. The lowest BCUT2D eigenvalue weighted by Crippen LogP contribution is -2.38. The number of aliphatic hydroxyl groups excluding tert-OH is 1. The van der Waals surface area contributed by atoms with E-state index in [0.29, 0.717) is 0 Å². The van der Waals surface area contributed by atoms with Crippen LogP contribution in [0.15, 0.2) is 24.3 Å². The highest BCUT2D eigenvalue weighted by Gasteiger charge is 2.05. The number of anilines is 1. The summed E-state index contributed by atoms with van der Waals surface area (Å²) in [6.07, 6.45) is 0. The Morgan fingerprint density at radius 3 is 2.93 bits per heavy atom. The number of nitrogens with one attached hydrogen (secondary N) is 2. The van der Waals surface area contributed by atoms with E-state index in [1.807, 2.05) is 24.3 Å². The zero-order valence-corrected chi connectivity index (χ0v) is 10.5. The van der Waals surface area contributed by atoms with Gasteiger partial charge in [-0.15, -0.1) is 0 Å². The third-order valence-corrected chi connectivity index (χ3v) is 2.40. The minimum absolute atomic E-state index is 0.0697. The highest BCUT2D eigenvalue weighted by Crippen LogP contribution is 2.11. The molecule has 1 aromatic rings. The van der Waals surface area contributed by atoms with Crippen molar-refractivity contribution in [3.05, 3.63) is 27.8 Å². The van der Waals surface area contributed by atoms with E-state index in [2.05, 4.69) is 33.2 Å². The van der Waals surface area contributed by atoms with Crippen molar-refractivity contribution in [2.75, 3.05) is 11.9 Å². The normalized spacial score (nSPS) is 11.9. The number of benzene rings is 1. The molecule has 0 saturated carbocycles. The Balaban J connectivity index is 2.51. The molecule has 0 bridgehead atoms. The quantitative estimate of drug-likeness (QED) is 0.744. The molecular weight excluding hydrogens is 307 g/mol. The van der Waals surface area contributed by atoms with Crippen molar-refractivity contribution in [3.8, 4) is 0 Å². The first kappa shape index (κ1) is 12.3. The fraction of sp³-hybridized carbons (Fsp3) is 0.300. The lowest BCUT2D eigenvalue weighted by Gasteiger charge is -2.11. The van der Waals surface area contributed by atoms with Crippen LogP contribution in [0.5, 0.6) is 0 Å². The molecule has 1 atom stereocenters. The monoisotopic (exact) mass is 320 g/mol. The molecule has 1 aromatic carbocycles. The van der Waals surface area contributed by atoms with E-state index in [-0.39, 0.29) is 18.7 Å². The van der Waals surface area contributed by atoms with Crippen molar-refractivity contribution in [3.63, 3.8) is 0 Å². The predicted molar refractivity (Wildman–Crippen MR) is 67.9 cm³/mol. The number of amides is 2. The molecule has 1 unspecified atom stereocenters. The van der Waals surface area contributed by atoms with Gasteiger partial charge in [0.05, 0.1) is 12.6 Å². The Kier molecular flexibility index (Phi) is 4.83. The second kappa shape index (κ2) is 5.92. The van der Waals surface area contributed by atoms with Gasteiger partial charge in [-0.2, -0.15) is 0 Å². The van der Waals surface area contributed by atoms with Crippen LogP contribution in [-0.2, 0) is 0 Å². The van der Waals surface area contributed by atoms with Crippen molar-refractivity contribution in [1.29, 1.82) is 0 Å². The van der Waals surface area contributed by atoms with E-state index in [1.54, 1.807) is 6.92 Å². The summed E-state index contributed by atoms with van der Waals surface area (Å²) in [5.74, 6) is 0. The third kappa shape index (κ3) is 4.48. The maximum atomic E-state index is 11.4. The largest absolute Gasteiger partial charge is 0.394 e. The molecule has 0 aliphatic heterocycles. The summed E-state index contributed by atoms with van der Waals surface area (Å²) in [6, 6.07) is 6.94. The first-order valence-corrected chi connectivity index (χ1v) is 5.63. The zero-order valence-electron chi connectivity index (χ0n) is 8.33. The SMILES string of the molecule is CC(CO)NC(=O)Nc1cccc(I)c1. The molecule has 0 aliphatic carbocycles. The van der Waals surface area contributed by atoms with Crippen LogP contribution in [0.3, 0.4) is 0 Å². The molecular formula is C10H13IN2O2. The summed E-state index contributed by atoms with van der Waals surface area (Å²) in [7, 11) is 0. The van der Waals surface area contributed by atoms with Crippen LogP contribution in [0.25, 0.3) is 0 Å². The lowest BCUT2D eigenvalue weighted by atomic mass is 10.3. The standard InChI is InChI=1S/C10H13IN2O2/c1-7(6-14)12-10(15)13-9-4-2-3-8(11)5-9/h2-5,7,14H,6H2,1H3,(H2,12,13,15). The molecule has 0 fully saturated rings. The number of aliphatic hydroxyl groups is 1. The summed E-state index contributed by atoms with van der Waals surface area (Å²) in [5, 5.41) is 14.0. The van der Waals surface area contributed by atoms with Gasteiger partial charge in [0.15, 0.2) is 0 Å². The minimum atomic E-state index is -0.307. The van der Waals surface area contributed by atoms with E-state index in [4.69, 9.17) is 5.11 Å². The average molecular weight is 320 g/mol. The first-order chi connectivity index (χ1) is 7.11. The van der Waals surface area contributed by atoms with E-state index in [0.717, 1.165) is 9.26 Å². The van der Waals surface area contributed by atoms with Crippen molar-refractivity contribution < 1.29 is 9.90 Å². The summed E-state index contributed by atoms with van der Waals surface area (Å²) in [5.41, 5.74) is 0.740. The molecule has 0 radical (unpaired) electrons. The van der Waals surface area contributed by atoms with E-state index in [1.165, 1.54) is 0 Å². The van der Waals surface area contributed by atoms with E-state index in [9.17, 15) is 4.79 Å². The topological polar surface area (TPSA) is 61.4 Å². The van der Waals surface area contributed by atoms with Crippen LogP contribution < -0.4 is 10.6 Å². The number of hydrogen-bond donors (Lipinski definition) is 3. The molecule has 1 rings (SSSR count). The van der Waals surface area contributed by atoms with Crippen molar-refractivity contribution >= 4 is 34.3 Å². The number of halogens is 1. The number of hydrogen-bond acceptors (Lipinski definition) is 2. The average Bonchev–Trinajstić information content (AvgIpc) is 2.17. The summed E-state index contributed by atoms with van der Waals surface area (Å²) in [4.78, 5) is 11.4. The maximum absolute atomic E-state index is 11.4. The van der Waals surface area contributed by atoms with Crippen molar-refractivity contribution in [2.24, 2.45) is 0 Å². The van der Waals surface area contributed by atoms with E-state index >= 15 is 0 Å². The van der Waals surface area contributed by atoms with Gasteiger partial charge in [-0.05, 0) is 47.7 Å². The third-order valence-electron chi connectivity index (χ3n) is 1.73. The fourth-order valence-corrected chi connectivity index (χ4v) is 1.55. The molecule has 4 nitrogen and oxygen atoms in total. The van der Waals surface area contributed by atoms with Crippen LogP contribution in [0.1, 0.15) is 6.92 Å². The Morgan fingerprint density at radius 1 is 1.60 bits per heavy atom. The van der Waals surface area contributed by atoms with Crippen LogP contribution in [0.2, 0.25) is 0 Å².